The van der Waals surface area contributed by atoms with Crippen molar-refractivity contribution in [3.05, 3.63) is 21.8 Å². The first kappa shape index (κ1) is 11.0. The molecule has 1 aliphatic rings. The van der Waals surface area contributed by atoms with E-state index in [0.717, 1.165) is 35.2 Å². The summed E-state index contributed by atoms with van der Waals surface area (Å²) < 4.78 is 1.15. The Morgan fingerprint density at radius 2 is 2.27 bits per heavy atom. The van der Waals surface area contributed by atoms with Gasteiger partial charge in [0.1, 0.15) is 0 Å². The van der Waals surface area contributed by atoms with E-state index in [2.05, 4.69) is 27.5 Å². The highest BCUT2D eigenvalue weighted by Crippen LogP contribution is 2.27. The third-order valence-electron chi connectivity index (χ3n) is 2.71. The van der Waals surface area contributed by atoms with Gasteiger partial charge in [-0.3, -0.25) is 0 Å². The van der Waals surface area contributed by atoms with Crippen LogP contribution in [0, 0.1) is 3.57 Å². The molecular weight excluding hydrogens is 303 g/mol. The molecule has 3 N–H and O–H groups in total. The van der Waals surface area contributed by atoms with Gasteiger partial charge < -0.3 is 15.7 Å². The fourth-order valence-corrected chi connectivity index (χ4v) is 2.83. The lowest BCUT2D eigenvalue weighted by Crippen LogP contribution is -2.38. The maximum absolute atomic E-state index is 9.62. The highest BCUT2D eigenvalue weighted by molar-refractivity contribution is 14.1. The van der Waals surface area contributed by atoms with Crippen molar-refractivity contribution < 1.29 is 5.11 Å². The lowest BCUT2D eigenvalue weighted by Gasteiger charge is -2.32. The number of hydrogen-bond acceptors (Lipinski definition) is 3. The number of aliphatic hydroxyl groups is 1. The Morgan fingerprint density at radius 1 is 1.47 bits per heavy atom. The zero-order chi connectivity index (χ0) is 10.8. The van der Waals surface area contributed by atoms with Crippen LogP contribution >= 0.6 is 22.6 Å². The van der Waals surface area contributed by atoms with Crippen LogP contribution in [0.1, 0.15) is 12.8 Å². The summed E-state index contributed by atoms with van der Waals surface area (Å²) in [5.41, 5.74) is 7.69. The minimum Gasteiger partial charge on any atom is -0.399 e. The second-order valence-electron chi connectivity index (χ2n) is 3.95. The maximum Gasteiger partial charge on any atom is 0.0715 e. The van der Waals surface area contributed by atoms with Crippen LogP contribution in [-0.4, -0.2) is 24.3 Å². The van der Waals surface area contributed by atoms with Crippen LogP contribution in [0.15, 0.2) is 18.2 Å². The Bertz CT molecular complexity index is 356. The first-order valence-electron chi connectivity index (χ1n) is 5.15. The Kier molecular flexibility index (Phi) is 3.35. The molecule has 2 rings (SSSR count). The van der Waals surface area contributed by atoms with Gasteiger partial charge in [-0.1, -0.05) is 0 Å². The molecular formula is C11H15IN2O. The molecule has 0 bridgehead atoms. The third kappa shape index (κ3) is 2.55. The van der Waals surface area contributed by atoms with Crippen LogP contribution in [0.5, 0.6) is 0 Å². The normalized spacial score (nSPS) is 21.7. The maximum atomic E-state index is 9.62. The van der Waals surface area contributed by atoms with Crippen molar-refractivity contribution in [2.24, 2.45) is 0 Å². The van der Waals surface area contributed by atoms with Crippen molar-refractivity contribution in [1.29, 1.82) is 0 Å². The molecule has 1 saturated heterocycles. The molecule has 15 heavy (non-hydrogen) atoms. The number of nitrogens with zero attached hydrogens (tertiary/aromatic N) is 1. The van der Waals surface area contributed by atoms with Crippen LogP contribution in [-0.2, 0) is 0 Å². The van der Waals surface area contributed by atoms with Crippen molar-refractivity contribution in [1.82, 2.24) is 0 Å². The number of β-amino-alcohol motifs (C(OH)–C–C–N with tert-alkyl or cyclic N) is 1. The van der Waals surface area contributed by atoms with Gasteiger partial charge in [-0.05, 0) is 53.6 Å². The number of nitrogen functional groups attached to an aromatic ring is 1. The van der Waals surface area contributed by atoms with Gasteiger partial charge in [0.05, 0.1) is 11.8 Å². The molecule has 4 heteroatoms. The van der Waals surface area contributed by atoms with Crippen LogP contribution in [0.3, 0.4) is 0 Å². The van der Waals surface area contributed by atoms with Crippen molar-refractivity contribution in [2.75, 3.05) is 23.7 Å². The quantitative estimate of drug-likeness (QED) is 0.614. The van der Waals surface area contributed by atoms with Gasteiger partial charge in [0, 0.05) is 22.3 Å². The monoisotopic (exact) mass is 318 g/mol. The second kappa shape index (κ2) is 4.57. The summed E-state index contributed by atoms with van der Waals surface area (Å²) in [5, 5.41) is 9.62. The van der Waals surface area contributed by atoms with Crippen molar-refractivity contribution in [3.8, 4) is 0 Å². The van der Waals surface area contributed by atoms with E-state index in [1.807, 2.05) is 18.2 Å². The van der Waals surface area contributed by atoms with Crippen LogP contribution in [0.4, 0.5) is 11.4 Å². The highest BCUT2D eigenvalue weighted by atomic mass is 127. The molecule has 0 radical (unpaired) electrons. The van der Waals surface area contributed by atoms with E-state index >= 15 is 0 Å². The number of anilines is 2. The molecule has 1 heterocycles. The molecule has 0 amide bonds. The predicted octanol–water partition coefficient (Wildman–Crippen LogP) is 1.83. The number of benzene rings is 1. The summed E-state index contributed by atoms with van der Waals surface area (Å²) in [6, 6.07) is 5.92. The zero-order valence-electron chi connectivity index (χ0n) is 8.49. The molecule has 82 valence electrons. The summed E-state index contributed by atoms with van der Waals surface area (Å²) in [6.45, 7) is 1.76. The van der Waals surface area contributed by atoms with Crippen LogP contribution in [0.2, 0.25) is 0 Å². The smallest absolute Gasteiger partial charge is 0.0715 e. The molecule has 1 unspecified atom stereocenters. The van der Waals surface area contributed by atoms with E-state index < -0.39 is 0 Å². The molecule has 1 atom stereocenters. The molecule has 0 aliphatic carbocycles. The SMILES string of the molecule is Nc1ccc(N2CCCC(O)C2)c(I)c1. The number of nitrogens with two attached hydrogens (primary N) is 1. The second-order valence-corrected chi connectivity index (χ2v) is 5.12. The highest BCUT2D eigenvalue weighted by Gasteiger charge is 2.19. The zero-order valence-corrected chi connectivity index (χ0v) is 10.6. The number of halogens is 1. The fourth-order valence-electron chi connectivity index (χ4n) is 1.95. The molecule has 0 spiro atoms. The first-order valence-corrected chi connectivity index (χ1v) is 6.23. The summed E-state index contributed by atoms with van der Waals surface area (Å²) in [4.78, 5) is 2.23. The number of rotatable bonds is 1. The fraction of sp³-hybridized carbons (Fsp3) is 0.455. The van der Waals surface area contributed by atoms with Gasteiger partial charge in [-0.2, -0.15) is 0 Å². The van der Waals surface area contributed by atoms with E-state index in [4.69, 9.17) is 5.73 Å². The topological polar surface area (TPSA) is 49.5 Å². The van der Waals surface area contributed by atoms with Gasteiger partial charge in [0.15, 0.2) is 0 Å². The van der Waals surface area contributed by atoms with Crippen LogP contribution in [0.25, 0.3) is 0 Å². The van der Waals surface area contributed by atoms with Crippen molar-refractivity contribution in [3.63, 3.8) is 0 Å². The first-order chi connectivity index (χ1) is 7.16. The largest absolute Gasteiger partial charge is 0.399 e. The van der Waals surface area contributed by atoms with Gasteiger partial charge in [0.2, 0.25) is 0 Å². The van der Waals surface area contributed by atoms with Crippen molar-refractivity contribution in [2.45, 2.75) is 18.9 Å². The molecule has 3 nitrogen and oxygen atoms in total. The summed E-state index contributed by atoms with van der Waals surface area (Å²) in [6.07, 6.45) is 1.79. The average molecular weight is 318 g/mol. The van der Waals surface area contributed by atoms with Crippen LogP contribution < -0.4 is 10.6 Å². The standard InChI is InChI=1S/C11H15IN2O/c12-10-6-8(13)3-4-11(10)14-5-1-2-9(15)7-14/h3-4,6,9,15H,1-2,5,7,13H2. The number of piperidine rings is 1. The Labute approximate surface area is 103 Å². The lowest BCUT2D eigenvalue weighted by atomic mass is 10.1. The minimum atomic E-state index is -0.188. The minimum absolute atomic E-state index is 0.188. The summed E-state index contributed by atoms with van der Waals surface area (Å²) >= 11 is 2.29. The summed E-state index contributed by atoms with van der Waals surface area (Å²) in [7, 11) is 0. The number of hydrogen-bond donors (Lipinski definition) is 2. The van der Waals surface area contributed by atoms with Gasteiger partial charge in [0.25, 0.3) is 0 Å². The number of aliphatic hydroxyl groups excluding tert-OH is 1. The molecule has 1 fully saturated rings. The van der Waals surface area contributed by atoms with Gasteiger partial charge in [-0.25, -0.2) is 0 Å². The van der Waals surface area contributed by atoms with E-state index in [1.165, 1.54) is 5.69 Å². The third-order valence-corrected chi connectivity index (χ3v) is 3.57. The van der Waals surface area contributed by atoms with E-state index in [9.17, 15) is 5.11 Å². The Balaban J connectivity index is 2.21. The van der Waals surface area contributed by atoms with E-state index in [-0.39, 0.29) is 6.10 Å². The molecule has 0 aromatic heterocycles. The molecule has 1 aliphatic heterocycles. The van der Waals surface area contributed by atoms with Gasteiger partial charge in [-0.15, -0.1) is 0 Å². The molecule has 1 aromatic rings. The van der Waals surface area contributed by atoms with Crippen molar-refractivity contribution >= 4 is 34.0 Å². The molecule has 1 aromatic carbocycles. The van der Waals surface area contributed by atoms with E-state index in [0.29, 0.717) is 0 Å². The van der Waals surface area contributed by atoms with Gasteiger partial charge >= 0.3 is 0 Å². The predicted molar refractivity (Wildman–Crippen MR) is 71.0 cm³/mol. The molecule has 0 saturated carbocycles. The Morgan fingerprint density at radius 3 is 2.93 bits per heavy atom. The van der Waals surface area contributed by atoms with E-state index in [1.54, 1.807) is 0 Å². The Hall–Kier alpha value is -0.490. The average Bonchev–Trinajstić information content (AvgIpc) is 2.17. The lowest BCUT2D eigenvalue weighted by molar-refractivity contribution is 0.154. The summed E-state index contributed by atoms with van der Waals surface area (Å²) in [5.74, 6) is 0.